The van der Waals surface area contributed by atoms with Crippen LogP contribution in [-0.2, 0) is 9.53 Å². The fourth-order valence-corrected chi connectivity index (χ4v) is 6.68. The van der Waals surface area contributed by atoms with Gasteiger partial charge in [0.05, 0.1) is 32.6 Å². The van der Waals surface area contributed by atoms with Crippen LogP contribution in [0.25, 0.3) is 6.08 Å². The molecule has 1 aromatic heterocycles. The van der Waals surface area contributed by atoms with Gasteiger partial charge < -0.3 is 14.6 Å². The minimum absolute atomic E-state index is 0.0649. The molecule has 0 aliphatic carbocycles. The molecule has 1 aliphatic rings. The molecule has 1 atom stereocenters. The SMILES string of the molecule is COc1ccc(Cl)cc1[C@H]1C(C(=O)OC(C)C)=C(C)N=c2s/c(=C\c3cc(Br)cc(I)c3O)c(=O)n21. The van der Waals surface area contributed by atoms with Gasteiger partial charge in [-0.1, -0.05) is 38.9 Å². The highest BCUT2D eigenvalue weighted by Gasteiger charge is 2.35. The monoisotopic (exact) mass is 702 g/mol. The van der Waals surface area contributed by atoms with Crippen LogP contribution in [0.15, 0.2) is 55.9 Å². The molecule has 0 saturated carbocycles. The highest BCUT2D eigenvalue weighted by atomic mass is 127. The highest BCUT2D eigenvalue weighted by molar-refractivity contribution is 14.1. The molecule has 4 rings (SSSR count). The van der Waals surface area contributed by atoms with Crippen molar-refractivity contribution >= 4 is 73.5 Å². The van der Waals surface area contributed by atoms with Crippen molar-refractivity contribution < 1.29 is 19.4 Å². The zero-order valence-corrected chi connectivity index (χ0v) is 25.0. The van der Waals surface area contributed by atoms with Crippen molar-refractivity contribution in [3.8, 4) is 11.5 Å². The largest absolute Gasteiger partial charge is 0.506 e. The van der Waals surface area contributed by atoms with Gasteiger partial charge in [0.1, 0.15) is 17.5 Å². The molecular weight excluding hydrogens is 683 g/mol. The van der Waals surface area contributed by atoms with Crippen molar-refractivity contribution in [3.63, 3.8) is 0 Å². The van der Waals surface area contributed by atoms with E-state index < -0.39 is 12.0 Å². The number of aromatic nitrogens is 1. The number of halogens is 3. The third kappa shape index (κ3) is 5.13. The number of hydrogen-bond donors (Lipinski definition) is 1. The number of nitrogens with zero attached hydrogens (tertiary/aromatic N) is 2. The first kappa shape index (κ1) is 26.9. The Balaban J connectivity index is 2.03. The van der Waals surface area contributed by atoms with Crippen LogP contribution in [0, 0.1) is 3.57 Å². The van der Waals surface area contributed by atoms with Crippen molar-refractivity contribution in [1.29, 1.82) is 0 Å². The van der Waals surface area contributed by atoms with Crippen LogP contribution in [-0.4, -0.2) is 28.9 Å². The molecule has 0 fully saturated rings. The molecule has 11 heteroatoms. The van der Waals surface area contributed by atoms with Crippen LogP contribution < -0.4 is 19.6 Å². The zero-order valence-electron chi connectivity index (χ0n) is 19.6. The normalized spacial score (nSPS) is 15.7. The smallest absolute Gasteiger partial charge is 0.338 e. The summed E-state index contributed by atoms with van der Waals surface area (Å²) in [6, 6.07) is 7.66. The molecule has 0 amide bonds. The summed E-state index contributed by atoms with van der Waals surface area (Å²) in [5, 5.41) is 11.0. The standard InChI is InChI=1S/C25H21BrClIN2O5S/c1-11(2)35-24(33)20-12(3)29-25-30(21(20)16-10-15(27)5-6-18(16)34-4)23(32)19(36-25)8-13-7-14(26)9-17(28)22(13)31/h5-11,21,31H,1-4H3/b19-8-/t21-/m0/s1. The van der Waals surface area contributed by atoms with Gasteiger partial charge in [0.15, 0.2) is 4.80 Å². The molecule has 2 aromatic carbocycles. The number of fused-ring (bicyclic) bond motifs is 1. The molecule has 36 heavy (non-hydrogen) atoms. The average Bonchev–Trinajstić information content (AvgIpc) is 3.10. The van der Waals surface area contributed by atoms with E-state index in [0.717, 1.165) is 15.8 Å². The van der Waals surface area contributed by atoms with Crippen LogP contribution in [0.1, 0.15) is 37.9 Å². The Morgan fingerprint density at radius 1 is 1.33 bits per heavy atom. The van der Waals surface area contributed by atoms with Gasteiger partial charge in [0.25, 0.3) is 5.56 Å². The maximum Gasteiger partial charge on any atom is 0.338 e. The third-order valence-electron chi connectivity index (χ3n) is 5.41. The van der Waals surface area contributed by atoms with E-state index in [-0.39, 0.29) is 23.0 Å². The number of benzene rings is 2. The second kappa shape index (κ2) is 10.7. The van der Waals surface area contributed by atoms with Crippen molar-refractivity contribution in [2.24, 2.45) is 4.99 Å². The molecule has 0 spiro atoms. The van der Waals surface area contributed by atoms with Crippen LogP contribution in [0.2, 0.25) is 5.02 Å². The number of hydrogen-bond acceptors (Lipinski definition) is 7. The lowest BCUT2D eigenvalue weighted by atomic mass is 9.95. The molecule has 0 unspecified atom stereocenters. The molecule has 0 radical (unpaired) electrons. The minimum atomic E-state index is -0.875. The predicted octanol–water partition coefficient (Wildman–Crippen LogP) is 4.92. The summed E-state index contributed by atoms with van der Waals surface area (Å²) in [7, 11) is 1.51. The Kier molecular flexibility index (Phi) is 7.98. The highest BCUT2D eigenvalue weighted by Crippen LogP contribution is 2.37. The lowest BCUT2D eigenvalue weighted by Gasteiger charge is -2.26. The number of methoxy groups -OCH3 is 1. The summed E-state index contributed by atoms with van der Waals surface area (Å²) in [5.74, 6) is -0.0514. The number of carbonyl (C=O) groups is 1. The molecule has 1 aliphatic heterocycles. The lowest BCUT2D eigenvalue weighted by molar-refractivity contribution is -0.143. The van der Waals surface area contributed by atoms with Gasteiger partial charge in [-0.3, -0.25) is 9.36 Å². The van der Waals surface area contributed by atoms with Crippen molar-refractivity contribution in [2.45, 2.75) is 32.9 Å². The number of aromatic hydroxyl groups is 1. The van der Waals surface area contributed by atoms with Crippen LogP contribution in [0.5, 0.6) is 11.5 Å². The third-order valence-corrected chi connectivity index (χ3v) is 7.91. The van der Waals surface area contributed by atoms with E-state index in [1.807, 2.05) is 22.6 Å². The number of carbonyl (C=O) groups excluding carboxylic acids is 1. The summed E-state index contributed by atoms with van der Waals surface area (Å²) in [4.78, 5) is 32.0. The van der Waals surface area contributed by atoms with Crippen LogP contribution in [0.4, 0.5) is 0 Å². The van der Waals surface area contributed by atoms with Gasteiger partial charge in [0, 0.05) is 20.6 Å². The molecule has 1 N–H and O–H groups in total. The second-order valence-corrected chi connectivity index (χ2v) is 11.8. The topological polar surface area (TPSA) is 90.1 Å². The molecule has 188 valence electrons. The van der Waals surface area contributed by atoms with E-state index in [1.54, 1.807) is 57.2 Å². The van der Waals surface area contributed by atoms with Gasteiger partial charge in [-0.25, -0.2) is 9.79 Å². The van der Waals surface area contributed by atoms with Crippen molar-refractivity contribution in [3.05, 3.63) is 85.5 Å². The average molecular weight is 704 g/mol. The van der Waals surface area contributed by atoms with Gasteiger partial charge in [-0.15, -0.1) is 0 Å². The lowest BCUT2D eigenvalue weighted by Crippen LogP contribution is -2.40. The number of ether oxygens (including phenoxy) is 2. The summed E-state index contributed by atoms with van der Waals surface area (Å²) in [6.07, 6.45) is 1.25. The molecular formula is C25H21BrClIN2O5S. The quantitative estimate of drug-likeness (QED) is 0.301. The van der Waals surface area contributed by atoms with Crippen molar-refractivity contribution in [1.82, 2.24) is 4.57 Å². The number of esters is 1. The van der Waals surface area contributed by atoms with Crippen molar-refractivity contribution in [2.75, 3.05) is 7.11 Å². The van der Waals surface area contributed by atoms with Crippen LogP contribution in [0.3, 0.4) is 0 Å². The van der Waals surface area contributed by atoms with E-state index in [4.69, 9.17) is 21.1 Å². The maximum absolute atomic E-state index is 13.8. The van der Waals surface area contributed by atoms with Gasteiger partial charge >= 0.3 is 5.97 Å². The molecule has 2 heterocycles. The molecule has 3 aromatic rings. The Morgan fingerprint density at radius 2 is 2.06 bits per heavy atom. The summed E-state index contributed by atoms with van der Waals surface area (Å²) in [6.45, 7) is 5.22. The first-order valence-corrected chi connectivity index (χ1v) is 13.8. The zero-order chi connectivity index (χ0) is 26.3. The first-order valence-electron chi connectivity index (χ1n) is 10.8. The summed E-state index contributed by atoms with van der Waals surface area (Å²) in [5.41, 5.74) is 1.29. The van der Waals surface area contributed by atoms with E-state index in [2.05, 4.69) is 20.9 Å². The van der Waals surface area contributed by atoms with E-state index in [1.165, 1.54) is 11.7 Å². The predicted molar refractivity (Wildman–Crippen MR) is 152 cm³/mol. The van der Waals surface area contributed by atoms with E-state index in [0.29, 0.717) is 40.5 Å². The van der Waals surface area contributed by atoms with Gasteiger partial charge in [-0.05, 0) is 79.8 Å². The number of rotatable bonds is 5. The molecule has 7 nitrogen and oxygen atoms in total. The Hall–Kier alpha value is -2.15. The molecule has 0 bridgehead atoms. The van der Waals surface area contributed by atoms with E-state index >= 15 is 0 Å². The second-order valence-electron chi connectivity index (χ2n) is 8.25. The van der Waals surface area contributed by atoms with Gasteiger partial charge in [-0.2, -0.15) is 0 Å². The summed E-state index contributed by atoms with van der Waals surface area (Å²) < 4.78 is 14.3. The number of phenols is 1. The Bertz CT molecular complexity index is 1590. The van der Waals surface area contributed by atoms with E-state index in [9.17, 15) is 14.7 Å². The van der Waals surface area contributed by atoms with Gasteiger partial charge in [0.2, 0.25) is 0 Å². The fraction of sp³-hybridized carbons (Fsp3) is 0.240. The Labute approximate surface area is 238 Å². The van der Waals surface area contributed by atoms with Crippen LogP contribution >= 0.6 is 61.5 Å². The minimum Gasteiger partial charge on any atom is -0.506 e. The first-order chi connectivity index (χ1) is 17.0. The number of thiazole rings is 1. The number of phenolic OH excluding ortho intramolecular Hbond substituents is 1. The maximum atomic E-state index is 13.8. The Morgan fingerprint density at radius 3 is 2.72 bits per heavy atom. The number of allylic oxidation sites excluding steroid dienone is 1. The fourth-order valence-electron chi connectivity index (χ4n) is 3.91. The molecule has 0 saturated heterocycles. The summed E-state index contributed by atoms with van der Waals surface area (Å²) >= 11 is 13.0.